The monoisotopic (exact) mass is 277 g/mol. The summed E-state index contributed by atoms with van der Waals surface area (Å²) < 4.78 is 29.5. The number of benzene rings is 1. The van der Waals surface area contributed by atoms with Gasteiger partial charge in [0, 0.05) is 5.56 Å². The average Bonchev–Trinajstić information content (AvgIpc) is 2.91. The minimum Gasteiger partial charge on any atom is -0.461 e. The van der Waals surface area contributed by atoms with Gasteiger partial charge in [-0.25, -0.2) is 13.2 Å². The SMILES string of the molecule is CCOC(=O)c1cc2c([nH]1)-c1ccccc1S2(=O)=O. The highest BCUT2D eigenvalue weighted by atomic mass is 32.2. The Labute approximate surface area is 110 Å². The number of carbonyl (C=O) groups is 1. The third-order valence-electron chi connectivity index (χ3n) is 3.01. The molecule has 19 heavy (non-hydrogen) atoms. The lowest BCUT2D eigenvalue weighted by molar-refractivity contribution is 0.0520. The highest BCUT2D eigenvalue weighted by Gasteiger charge is 2.35. The third kappa shape index (κ3) is 1.60. The lowest BCUT2D eigenvalue weighted by atomic mass is 10.2. The number of rotatable bonds is 2. The van der Waals surface area contributed by atoms with Crippen LogP contribution in [0.4, 0.5) is 0 Å². The van der Waals surface area contributed by atoms with Gasteiger partial charge in [-0.05, 0) is 19.1 Å². The highest BCUT2D eigenvalue weighted by Crippen LogP contribution is 2.42. The summed E-state index contributed by atoms with van der Waals surface area (Å²) in [5.41, 5.74) is 1.21. The molecule has 1 aliphatic rings. The van der Waals surface area contributed by atoms with Crippen LogP contribution in [0.3, 0.4) is 0 Å². The Morgan fingerprint density at radius 1 is 1.26 bits per heavy atom. The summed E-state index contributed by atoms with van der Waals surface area (Å²) in [6.07, 6.45) is 0. The molecule has 0 spiro atoms. The minimum atomic E-state index is -3.53. The van der Waals surface area contributed by atoms with Gasteiger partial charge in [-0.15, -0.1) is 0 Å². The van der Waals surface area contributed by atoms with Gasteiger partial charge in [-0.2, -0.15) is 0 Å². The lowest BCUT2D eigenvalue weighted by Gasteiger charge is -2.00. The van der Waals surface area contributed by atoms with Gasteiger partial charge in [0.25, 0.3) is 0 Å². The molecule has 2 aromatic rings. The van der Waals surface area contributed by atoms with Crippen molar-refractivity contribution < 1.29 is 17.9 Å². The molecule has 0 saturated heterocycles. The van der Waals surface area contributed by atoms with Crippen molar-refractivity contribution in [3.8, 4) is 11.3 Å². The van der Waals surface area contributed by atoms with Gasteiger partial charge in [-0.1, -0.05) is 18.2 Å². The van der Waals surface area contributed by atoms with Gasteiger partial charge in [-0.3, -0.25) is 0 Å². The van der Waals surface area contributed by atoms with Crippen LogP contribution in [0.5, 0.6) is 0 Å². The minimum absolute atomic E-state index is 0.136. The van der Waals surface area contributed by atoms with Crippen LogP contribution in [0.15, 0.2) is 40.1 Å². The van der Waals surface area contributed by atoms with Crippen LogP contribution in [-0.2, 0) is 14.6 Å². The fourth-order valence-electron chi connectivity index (χ4n) is 2.19. The van der Waals surface area contributed by atoms with Crippen LogP contribution >= 0.6 is 0 Å². The number of aromatic nitrogens is 1. The topological polar surface area (TPSA) is 76.2 Å². The molecule has 0 bridgehead atoms. The molecular formula is C13H11NO4S. The van der Waals surface area contributed by atoms with E-state index in [0.29, 0.717) is 11.3 Å². The van der Waals surface area contributed by atoms with E-state index in [0.717, 1.165) is 0 Å². The Morgan fingerprint density at radius 3 is 2.74 bits per heavy atom. The molecule has 0 amide bonds. The van der Waals surface area contributed by atoms with Crippen LogP contribution in [0.25, 0.3) is 11.3 Å². The number of nitrogens with one attached hydrogen (secondary N) is 1. The maximum atomic E-state index is 12.3. The van der Waals surface area contributed by atoms with E-state index in [9.17, 15) is 13.2 Å². The Morgan fingerprint density at radius 2 is 2.00 bits per heavy atom. The van der Waals surface area contributed by atoms with E-state index in [4.69, 9.17) is 4.74 Å². The molecule has 0 saturated carbocycles. The van der Waals surface area contributed by atoms with Crippen LogP contribution in [0, 0.1) is 0 Å². The van der Waals surface area contributed by atoms with E-state index in [1.54, 1.807) is 31.2 Å². The first-order chi connectivity index (χ1) is 9.05. The maximum absolute atomic E-state index is 12.3. The predicted octanol–water partition coefficient (Wildman–Crippen LogP) is 2.00. The van der Waals surface area contributed by atoms with Crippen molar-refractivity contribution in [3.05, 3.63) is 36.0 Å². The number of hydrogen-bond donors (Lipinski definition) is 1. The number of hydrogen-bond acceptors (Lipinski definition) is 4. The van der Waals surface area contributed by atoms with Crippen LogP contribution in [0.2, 0.25) is 0 Å². The standard InChI is InChI=1S/C13H11NO4S/c1-2-18-13(15)9-7-11-12(14-9)8-5-3-4-6-10(8)19(11,16)17/h3-7,14H,2H2,1H3. The second-order valence-electron chi connectivity index (χ2n) is 4.14. The van der Waals surface area contributed by atoms with Gasteiger partial charge in [0.2, 0.25) is 9.84 Å². The van der Waals surface area contributed by atoms with Crippen molar-refractivity contribution in [2.24, 2.45) is 0 Å². The number of ether oxygens (including phenoxy) is 1. The number of fused-ring (bicyclic) bond motifs is 3. The zero-order valence-corrected chi connectivity index (χ0v) is 11.0. The van der Waals surface area contributed by atoms with Crippen LogP contribution in [0.1, 0.15) is 17.4 Å². The first kappa shape index (κ1) is 12.0. The van der Waals surface area contributed by atoms with E-state index in [-0.39, 0.29) is 22.1 Å². The number of esters is 1. The Kier molecular flexibility index (Phi) is 2.50. The molecule has 1 N–H and O–H groups in total. The number of aromatic amines is 1. The first-order valence-corrected chi connectivity index (χ1v) is 7.28. The van der Waals surface area contributed by atoms with E-state index in [2.05, 4.69) is 4.98 Å². The second kappa shape index (κ2) is 3.96. The normalized spacial score (nSPS) is 14.8. The molecular weight excluding hydrogens is 266 g/mol. The van der Waals surface area contributed by atoms with Gasteiger partial charge in [0.1, 0.15) is 5.69 Å². The number of H-pyrrole nitrogens is 1. The van der Waals surface area contributed by atoms with Gasteiger partial charge in [0.05, 0.1) is 22.1 Å². The summed E-state index contributed by atoms with van der Waals surface area (Å²) >= 11 is 0. The first-order valence-electron chi connectivity index (χ1n) is 5.80. The molecule has 0 unspecified atom stereocenters. The van der Waals surface area contributed by atoms with Crippen molar-refractivity contribution in [1.82, 2.24) is 4.98 Å². The predicted molar refractivity (Wildman–Crippen MR) is 67.6 cm³/mol. The summed E-state index contributed by atoms with van der Waals surface area (Å²) in [5, 5.41) is 0. The molecule has 1 aromatic carbocycles. The molecule has 6 heteroatoms. The van der Waals surface area contributed by atoms with Crippen LogP contribution in [-0.4, -0.2) is 26.0 Å². The molecule has 0 fully saturated rings. The summed E-state index contributed by atoms with van der Waals surface area (Å²) in [4.78, 5) is 14.9. The van der Waals surface area contributed by atoms with E-state index < -0.39 is 15.8 Å². The van der Waals surface area contributed by atoms with Crippen molar-refractivity contribution in [2.45, 2.75) is 16.7 Å². The van der Waals surface area contributed by atoms with Crippen molar-refractivity contribution >= 4 is 15.8 Å². The third-order valence-corrected chi connectivity index (χ3v) is 4.85. The van der Waals surface area contributed by atoms with Crippen molar-refractivity contribution in [3.63, 3.8) is 0 Å². The zero-order valence-electron chi connectivity index (χ0n) is 10.1. The number of carbonyl (C=O) groups excluding carboxylic acids is 1. The maximum Gasteiger partial charge on any atom is 0.354 e. The molecule has 0 aliphatic carbocycles. The summed E-state index contributed by atoms with van der Waals surface area (Å²) in [5.74, 6) is -0.551. The lowest BCUT2D eigenvalue weighted by Crippen LogP contribution is -2.05. The van der Waals surface area contributed by atoms with E-state index in [1.807, 2.05) is 0 Å². The second-order valence-corrected chi connectivity index (χ2v) is 6.03. The van der Waals surface area contributed by atoms with Gasteiger partial charge >= 0.3 is 5.97 Å². The molecule has 2 heterocycles. The van der Waals surface area contributed by atoms with Gasteiger partial charge < -0.3 is 9.72 Å². The smallest absolute Gasteiger partial charge is 0.354 e. The Hall–Kier alpha value is -2.08. The molecule has 0 radical (unpaired) electrons. The molecule has 1 aliphatic heterocycles. The summed E-state index contributed by atoms with van der Waals surface area (Å²) in [6.45, 7) is 1.94. The van der Waals surface area contributed by atoms with Crippen LogP contribution < -0.4 is 0 Å². The molecule has 98 valence electrons. The largest absolute Gasteiger partial charge is 0.461 e. The zero-order chi connectivity index (χ0) is 13.6. The molecule has 0 atom stereocenters. The fourth-order valence-corrected chi connectivity index (χ4v) is 3.85. The highest BCUT2D eigenvalue weighted by molar-refractivity contribution is 7.92. The van der Waals surface area contributed by atoms with E-state index >= 15 is 0 Å². The Bertz CT molecular complexity index is 774. The fraction of sp³-hybridized carbons (Fsp3) is 0.154. The van der Waals surface area contributed by atoms with Crippen molar-refractivity contribution in [1.29, 1.82) is 0 Å². The quantitative estimate of drug-likeness (QED) is 0.727. The van der Waals surface area contributed by atoms with Gasteiger partial charge in [0.15, 0.2) is 0 Å². The number of sulfone groups is 1. The molecule has 1 aromatic heterocycles. The molecule has 3 rings (SSSR count). The molecule has 5 nitrogen and oxygen atoms in total. The summed E-state index contributed by atoms with van der Waals surface area (Å²) in [6, 6.07) is 8.04. The Balaban J connectivity index is 2.20. The van der Waals surface area contributed by atoms with Crippen molar-refractivity contribution in [2.75, 3.05) is 6.61 Å². The van der Waals surface area contributed by atoms with E-state index in [1.165, 1.54) is 6.07 Å². The average molecular weight is 277 g/mol. The summed E-state index contributed by atoms with van der Waals surface area (Å²) in [7, 11) is -3.53.